The number of thioether (sulfide) groups is 1. The Morgan fingerprint density at radius 3 is 2.90 bits per heavy atom. The second-order valence-electron chi connectivity index (χ2n) is 4.12. The predicted octanol–water partition coefficient (Wildman–Crippen LogP) is 3.45. The van der Waals surface area contributed by atoms with E-state index in [-0.39, 0.29) is 5.91 Å². The lowest BCUT2D eigenvalue weighted by Gasteiger charge is -2.05. The van der Waals surface area contributed by atoms with Crippen LogP contribution in [0.5, 0.6) is 5.75 Å². The summed E-state index contributed by atoms with van der Waals surface area (Å²) >= 11 is 3.02. The molecule has 0 fully saturated rings. The van der Waals surface area contributed by atoms with Crippen molar-refractivity contribution in [2.75, 3.05) is 17.7 Å². The van der Waals surface area contributed by atoms with Gasteiger partial charge in [-0.3, -0.25) is 4.79 Å². The molecule has 0 bridgehead atoms. The first-order valence-electron chi connectivity index (χ1n) is 6.72. The molecule has 1 heterocycles. The zero-order chi connectivity index (χ0) is 14.9. The maximum Gasteiger partial charge on any atom is 0.226 e. The van der Waals surface area contributed by atoms with Crippen LogP contribution in [-0.4, -0.2) is 28.5 Å². The molecule has 0 unspecified atom stereocenters. The van der Waals surface area contributed by atoms with Gasteiger partial charge in [-0.05, 0) is 24.3 Å². The van der Waals surface area contributed by atoms with Gasteiger partial charge in [0.15, 0.2) is 4.34 Å². The van der Waals surface area contributed by atoms with Gasteiger partial charge in [0.05, 0.1) is 6.61 Å². The number of hydrogen-bond donors (Lipinski definition) is 1. The summed E-state index contributed by atoms with van der Waals surface area (Å²) in [5, 5.41) is 11.2. The highest BCUT2D eigenvalue weighted by molar-refractivity contribution is 8.01. The molecular weight excluding hydrogens is 306 g/mol. The molecule has 0 aliphatic heterocycles. The van der Waals surface area contributed by atoms with Gasteiger partial charge in [-0.15, -0.1) is 10.2 Å². The standard InChI is InChI=1S/C14H17N3O2S2/c1-2-20-14-17-16-13(21-14)15-12(18)9-6-10-19-11-7-4-3-5-8-11/h3-5,7-8H,2,6,9-10H2,1H3,(H,15,16,18). The van der Waals surface area contributed by atoms with Crippen molar-refractivity contribution in [1.82, 2.24) is 10.2 Å². The SMILES string of the molecule is CCSc1nnc(NC(=O)CCCOc2ccccc2)s1. The number of anilines is 1. The van der Waals surface area contributed by atoms with Crippen molar-refractivity contribution in [2.45, 2.75) is 24.1 Å². The van der Waals surface area contributed by atoms with Crippen LogP contribution < -0.4 is 10.1 Å². The zero-order valence-electron chi connectivity index (χ0n) is 11.7. The molecule has 0 spiro atoms. The average molecular weight is 323 g/mol. The molecule has 1 N–H and O–H groups in total. The first-order chi connectivity index (χ1) is 10.3. The third-order valence-corrected chi connectivity index (χ3v) is 4.33. The van der Waals surface area contributed by atoms with Crippen molar-refractivity contribution in [2.24, 2.45) is 0 Å². The Bertz CT molecular complexity index is 560. The summed E-state index contributed by atoms with van der Waals surface area (Å²) in [5.74, 6) is 1.71. The van der Waals surface area contributed by atoms with E-state index in [1.807, 2.05) is 30.3 Å². The first kappa shape index (κ1) is 15.8. The average Bonchev–Trinajstić information content (AvgIpc) is 2.92. The predicted molar refractivity (Wildman–Crippen MR) is 86.1 cm³/mol. The summed E-state index contributed by atoms with van der Waals surface area (Å²) < 4.78 is 6.41. The van der Waals surface area contributed by atoms with Gasteiger partial charge in [0.1, 0.15) is 5.75 Å². The van der Waals surface area contributed by atoms with Crippen molar-refractivity contribution >= 4 is 34.1 Å². The molecule has 1 aromatic carbocycles. The third-order valence-electron chi connectivity index (χ3n) is 2.48. The van der Waals surface area contributed by atoms with E-state index in [9.17, 15) is 4.79 Å². The Kier molecular flexibility index (Phi) is 6.49. The highest BCUT2D eigenvalue weighted by atomic mass is 32.2. The minimum atomic E-state index is -0.0594. The molecule has 2 aromatic rings. The van der Waals surface area contributed by atoms with Gasteiger partial charge < -0.3 is 10.1 Å². The number of carbonyl (C=O) groups is 1. The second kappa shape index (κ2) is 8.63. The smallest absolute Gasteiger partial charge is 0.226 e. The lowest BCUT2D eigenvalue weighted by molar-refractivity contribution is -0.116. The summed E-state index contributed by atoms with van der Waals surface area (Å²) in [5.41, 5.74) is 0. The van der Waals surface area contributed by atoms with Gasteiger partial charge >= 0.3 is 0 Å². The fourth-order valence-electron chi connectivity index (χ4n) is 1.56. The second-order valence-corrected chi connectivity index (χ2v) is 6.61. The van der Waals surface area contributed by atoms with E-state index in [1.54, 1.807) is 11.8 Å². The molecule has 0 aliphatic carbocycles. The van der Waals surface area contributed by atoms with Crippen LogP contribution in [0.1, 0.15) is 19.8 Å². The van der Waals surface area contributed by atoms with E-state index in [2.05, 4.69) is 22.4 Å². The number of rotatable bonds is 8. The fourth-order valence-corrected chi connectivity index (χ4v) is 3.23. The van der Waals surface area contributed by atoms with Crippen LogP contribution in [0, 0.1) is 0 Å². The molecule has 0 aliphatic rings. The zero-order valence-corrected chi connectivity index (χ0v) is 13.4. The molecule has 0 atom stereocenters. The van der Waals surface area contributed by atoms with Crippen molar-refractivity contribution in [3.8, 4) is 5.75 Å². The van der Waals surface area contributed by atoms with Crippen LogP contribution in [-0.2, 0) is 4.79 Å². The number of nitrogens with zero attached hydrogens (tertiary/aromatic N) is 2. The summed E-state index contributed by atoms with van der Waals surface area (Å²) in [6.07, 6.45) is 1.07. The number of hydrogen-bond acceptors (Lipinski definition) is 6. The minimum absolute atomic E-state index is 0.0594. The van der Waals surface area contributed by atoms with Gasteiger partial charge in [0.25, 0.3) is 0 Å². The lowest BCUT2D eigenvalue weighted by atomic mass is 10.3. The van der Waals surface area contributed by atoms with E-state index < -0.39 is 0 Å². The Hall–Kier alpha value is -1.60. The highest BCUT2D eigenvalue weighted by Crippen LogP contribution is 2.25. The van der Waals surface area contributed by atoms with Gasteiger partial charge in [-0.25, -0.2) is 0 Å². The van der Waals surface area contributed by atoms with Crippen molar-refractivity contribution in [3.63, 3.8) is 0 Å². The molecular formula is C14H17N3O2S2. The molecule has 1 aromatic heterocycles. The Labute approximate surface area is 132 Å². The number of amides is 1. The molecule has 21 heavy (non-hydrogen) atoms. The van der Waals surface area contributed by atoms with Gasteiger partial charge in [0.2, 0.25) is 11.0 Å². The molecule has 0 saturated heterocycles. The number of ether oxygens (including phenoxy) is 1. The molecule has 0 saturated carbocycles. The third kappa shape index (κ3) is 5.73. The molecule has 7 heteroatoms. The Morgan fingerprint density at radius 1 is 1.33 bits per heavy atom. The van der Waals surface area contributed by atoms with Gasteiger partial charge in [-0.1, -0.05) is 48.2 Å². The topological polar surface area (TPSA) is 64.1 Å². The Balaban J connectivity index is 1.65. The van der Waals surface area contributed by atoms with E-state index in [4.69, 9.17) is 4.74 Å². The fraction of sp³-hybridized carbons (Fsp3) is 0.357. The van der Waals surface area contributed by atoms with Crippen LogP contribution in [0.4, 0.5) is 5.13 Å². The quantitative estimate of drug-likeness (QED) is 0.458. The van der Waals surface area contributed by atoms with Crippen LogP contribution in [0.3, 0.4) is 0 Å². The summed E-state index contributed by atoms with van der Waals surface area (Å²) in [4.78, 5) is 11.8. The van der Waals surface area contributed by atoms with Crippen LogP contribution in [0.2, 0.25) is 0 Å². The first-order valence-corrected chi connectivity index (χ1v) is 8.52. The molecule has 1 amide bonds. The molecule has 5 nitrogen and oxygen atoms in total. The highest BCUT2D eigenvalue weighted by Gasteiger charge is 2.08. The number of aromatic nitrogens is 2. The van der Waals surface area contributed by atoms with E-state index in [0.29, 0.717) is 24.6 Å². The molecule has 0 radical (unpaired) electrons. The van der Waals surface area contributed by atoms with Crippen molar-refractivity contribution < 1.29 is 9.53 Å². The molecule has 2 rings (SSSR count). The van der Waals surface area contributed by atoms with Crippen LogP contribution in [0.25, 0.3) is 0 Å². The Morgan fingerprint density at radius 2 is 2.14 bits per heavy atom. The number of benzene rings is 1. The van der Waals surface area contributed by atoms with Crippen LogP contribution >= 0.6 is 23.1 Å². The van der Waals surface area contributed by atoms with Gasteiger partial charge in [-0.2, -0.15) is 0 Å². The minimum Gasteiger partial charge on any atom is -0.494 e. The van der Waals surface area contributed by atoms with Crippen molar-refractivity contribution in [3.05, 3.63) is 30.3 Å². The van der Waals surface area contributed by atoms with Gasteiger partial charge in [0, 0.05) is 6.42 Å². The summed E-state index contributed by atoms with van der Waals surface area (Å²) in [6.45, 7) is 2.57. The summed E-state index contributed by atoms with van der Waals surface area (Å²) in [7, 11) is 0. The largest absolute Gasteiger partial charge is 0.494 e. The van der Waals surface area contributed by atoms with Crippen LogP contribution in [0.15, 0.2) is 34.7 Å². The maximum atomic E-state index is 11.8. The lowest BCUT2D eigenvalue weighted by Crippen LogP contribution is -2.12. The normalized spacial score (nSPS) is 10.3. The number of nitrogens with one attached hydrogen (secondary N) is 1. The molecule has 112 valence electrons. The maximum absolute atomic E-state index is 11.8. The summed E-state index contributed by atoms with van der Waals surface area (Å²) in [6, 6.07) is 9.57. The van der Waals surface area contributed by atoms with Crippen molar-refractivity contribution in [1.29, 1.82) is 0 Å². The van der Waals surface area contributed by atoms with E-state index in [0.717, 1.165) is 15.8 Å². The number of carbonyl (C=O) groups excluding carboxylic acids is 1. The van der Waals surface area contributed by atoms with E-state index in [1.165, 1.54) is 11.3 Å². The monoisotopic (exact) mass is 323 g/mol. The van der Waals surface area contributed by atoms with E-state index >= 15 is 0 Å². The number of para-hydroxylation sites is 1.